The Balaban J connectivity index is 1.94. The summed E-state index contributed by atoms with van der Waals surface area (Å²) in [5.41, 5.74) is 3.74. The average molecular weight is 534 g/mol. The van der Waals surface area contributed by atoms with Crippen molar-refractivity contribution in [1.29, 1.82) is 0 Å². The number of benzene rings is 3. The van der Waals surface area contributed by atoms with Gasteiger partial charge in [-0.25, -0.2) is 4.98 Å². The first-order chi connectivity index (χ1) is 18.3. The summed E-state index contributed by atoms with van der Waals surface area (Å²) < 4.78 is 18.3. The van der Waals surface area contributed by atoms with Crippen molar-refractivity contribution in [3.63, 3.8) is 0 Å². The van der Waals surface area contributed by atoms with E-state index in [4.69, 9.17) is 30.8 Å². The smallest absolute Gasteiger partial charge is 0.282 e. The zero-order chi connectivity index (χ0) is 27.4. The molecular weight excluding hydrogens is 502 g/mol. The Bertz CT molecular complexity index is 1560. The molecule has 0 spiro atoms. The van der Waals surface area contributed by atoms with Gasteiger partial charge >= 0.3 is 0 Å². The molecule has 0 N–H and O–H groups in total. The van der Waals surface area contributed by atoms with E-state index in [-0.39, 0.29) is 11.5 Å². The molecule has 0 aliphatic rings. The molecule has 8 heteroatoms. The normalized spacial score (nSPS) is 11.5. The molecule has 0 unspecified atom stereocenters. The van der Waals surface area contributed by atoms with E-state index < -0.39 is 0 Å². The van der Waals surface area contributed by atoms with Gasteiger partial charge in [0.25, 0.3) is 5.56 Å². The van der Waals surface area contributed by atoms with E-state index in [2.05, 4.69) is 18.9 Å². The van der Waals surface area contributed by atoms with Gasteiger partial charge < -0.3 is 14.2 Å². The summed E-state index contributed by atoms with van der Waals surface area (Å²) in [6, 6.07) is 14.8. The SMILES string of the molecule is CCOc1cc(C)c(-c2nc3ccccc3c(=O)n2N=Cc2cc(Cl)c(OCC)c(OC)c2)cc1C(C)C. The zero-order valence-corrected chi connectivity index (χ0v) is 23.3. The van der Waals surface area contributed by atoms with Gasteiger partial charge in [-0.2, -0.15) is 9.78 Å². The first-order valence-corrected chi connectivity index (χ1v) is 13.0. The van der Waals surface area contributed by atoms with E-state index in [1.165, 1.54) is 4.68 Å². The van der Waals surface area contributed by atoms with Crippen LogP contribution in [0, 0.1) is 6.92 Å². The Morgan fingerprint density at radius 2 is 1.79 bits per heavy atom. The highest BCUT2D eigenvalue weighted by Crippen LogP contribution is 2.36. The summed E-state index contributed by atoms with van der Waals surface area (Å²) in [5, 5.41) is 5.46. The number of aromatic nitrogens is 2. The van der Waals surface area contributed by atoms with Gasteiger partial charge in [0, 0.05) is 5.56 Å². The van der Waals surface area contributed by atoms with Crippen molar-refractivity contribution in [2.24, 2.45) is 5.10 Å². The van der Waals surface area contributed by atoms with Crippen LogP contribution in [0.5, 0.6) is 17.2 Å². The molecule has 198 valence electrons. The van der Waals surface area contributed by atoms with E-state index in [9.17, 15) is 4.79 Å². The fourth-order valence-electron chi connectivity index (χ4n) is 4.30. The number of hydrogen-bond acceptors (Lipinski definition) is 6. The number of halogens is 1. The number of rotatable bonds is 9. The van der Waals surface area contributed by atoms with Crippen molar-refractivity contribution in [2.45, 2.75) is 40.5 Å². The number of nitrogens with zero attached hydrogens (tertiary/aromatic N) is 3. The highest BCUT2D eigenvalue weighted by molar-refractivity contribution is 6.32. The summed E-state index contributed by atoms with van der Waals surface area (Å²) in [6.45, 7) is 11.1. The topological polar surface area (TPSA) is 74.9 Å². The highest BCUT2D eigenvalue weighted by Gasteiger charge is 2.19. The maximum Gasteiger partial charge on any atom is 0.282 e. The van der Waals surface area contributed by atoms with Crippen LogP contribution in [-0.2, 0) is 0 Å². The van der Waals surface area contributed by atoms with Gasteiger partial charge in [-0.05, 0) is 79.8 Å². The minimum Gasteiger partial charge on any atom is -0.494 e. The lowest BCUT2D eigenvalue weighted by Crippen LogP contribution is -2.21. The third-order valence-electron chi connectivity index (χ3n) is 6.14. The van der Waals surface area contributed by atoms with Crippen LogP contribution in [0.1, 0.15) is 50.3 Å². The third-order valence-corrected chi connectivity index (χ3v) is 6.42. The fourth-order valence-corrected chi connectivity index (χ4v) is 4.57. The minimum absolute atomic E-state index is 0.207. The summed E-state index contributed by atoms with van der Waals surface area (Å²) in [6.07, 6.45) is 1.57. The van der Waals surface area contributed by atoms with Crippen LogP contribution in [0.25, 0.3) is 22.3 Å². The highest BCUT2D eigenvalue weighted by atomic mass is 35.5. The average Bonchev–Trinajstić information content (AvgIpc) is 2.89. The largest absolute Gasteiger partial charge is 0.494 e. The Hall–Kier alpha value is -3.84. The van der Waals surface area contributed by atoms with E-state index >= 15 is 0 Å². The van der Waals surface area contributed by atoms with Crippen molar-refractivity contribution in [3.8, 4) is 28.6 Å². The summed E-state index contributed by atoms with van der Waals surface area (Å²) in [7, 11) is 1.55. The van der Waals surface area contributed by atoms with Gasteiger partial charge in [0.2, 0.25) is 0 Å². The van der Waals surface area contributed by atoms with E-state index in [1.54, 1.807) is 31.5 Å². The lowest BCUT2D eigenvalue weighted by molar-refractivity contribution is 0.311. The van der Waals surface area contributed by atoms with Gasteiger partial charge in [0.15, 0.2) is 17.3 Å². The van der Waals surface area contributed by atoms with E-state index in [0.29, 0.717) is 52.0 Å². The molecular formula is C30H32ClN3O4. The van der Waals surface area contributed by atoms with Crippen molar-refractivity contribution in [1.82, 2.24) is 9.66 Å². The van der Waals surface area contributed by atoms with Crippen LogP contribution < -0.4 is 19.8 Å². The number of para-hydroxylation sites is 1. The zero-order valence-electron chi connectivity index (χ0n) is 22.5. The molecule has 1 aromatic heterocycles. The molecule has 4 aromatic rings. The van der Waals surface area contributed by atoms with Crippen molar-refractivity contribution >= 4 is 28.7 Å². The third kappa shape index (κ3) is 5.38. The molecule has 38 heavy (non-hydrogen) atoms. The maximum absolute atomic E-state index is 13.7. The van der Waals surface area contributed by atoms with E-state index in [1.807, 2.05) is 51.1 Å². The summed E-state index contributed by atoms with van der Waals surface area (Å²) >= 11 is 6.46. The van der Waals surface area contributed by atoms with Crippen LogP contribution >= 0.6 is 11.6 Å². The van der Waals surface area contributed by atoms with Crippen molar-refractivity contribution in [3.05, 3.63) is 80.6 Å². The lowest BCUT2D eigenvalue weighted by Gasteiger charge is -2.18. The van der Waals surface area contributed by atoms with E-state index in [0.717, 1.165) is 22.4 Å². The van der Waals surface area contributed by atoms with Gasteiger partial charge in [-0.15, -0.1) is 0 Å². The van der Waals surface area contributed by atoms with Crippen molar-refractivity contribution in [2.75, 3.05) is 20.3 Å². The molecule has 0 saturated carbocycles. The second-order valence-corrected chi connectivity index (χ2v) is 9.48. The second-order valence-electron chi connectivity index (χ2n) is 9.07. The van der Waals surface area contributed by atoms with Gasteiger partial charge in [0.05, 0.1) is 42.5 Å². The Morgan fingerprint density at radius 3 is 2.47 bits per heavy atom. The quantitative estimate of drug-likeness (QED) is 0.220. The molecule has 0 saturated heterocycles. The van der Waals surface area contributed by atoms with Gasteiger partial charge in [-0.1, -0.05) is 37.6 Å². The molecule has 1 heterocycles. The molecule has 0 amide bonds. The number of aryl methyl sites for hydroxylation is 1. The van der Waals surface area contributed by atoms with Crippen LogP contribution in [0.15, 0.2) is 58.4 Å². The summed E-state index contributed by atoms with van der Waals surface area (Å²) in [5.74, 6) is 2.42. The number of hydrogen-bond donors (Lipinski definition) is 0. The fraction of sp³-hybridized carbons (Fsp3) is 0.300. The molecule has 0 radical (unpaired) electrons. The van der Waals surface area contributed by atoms with Gasteiger partial charge in [0.1, 0.15) is 5.75 Å². The second kappa shape index (κ2) is 11.7. The molecule has 7 nitrogen and oxygen atoms in total. The number of fused-ring (bicyclic) bond motifs is 1. The van der Waals surface area contributed by atoms with Crippen molar-refractivity contribution < 1.29 is 14.2 Å². The minimum atomic E-state index is -0.273. The Morgan fingerprint density at radius 1 is 1.05 bits per heavy atom. The predicted molar refractivity (Wildman–Crippen MR) is 154 cm³/mol. The lowest BCUT2D eigenvalue weighted by atomic mass is 9.96. The molecule has 0 atom stereocenters. The molecule has 3 aromatic carbocycles. The van der Waals surface area contributed by atoms with Crippen LogP contribution in [0.4, 0.5) is 0 Å². The van der Waals surface area contributed by atoms with Crippen LogP contribution in [0.3, 0.4) is 0 Å². The monoisotopic (exact) mass is 533 g/mol. The maximum atomic E-state index is 13.7. The predicted octanol–water partition coefficient (Wildman–Crippen LogP) is 6.84. The Kier molecular flexibility index (Phi) is 8.37. The molecule has 0 bridgehead atoms. The molecule has 0 fully saturated rings. The summed E-state index contributed by atoms with van der Waals surface area (Å²) in [4.78, 5) is 18.6. The molecule has 0 aliphatic carbocycles. The first-order valence-electron chi connectivity index (χ1n) is 12.6. The van der Waals surface area contributed by atoms with Gasteiger partial charge in [-0.3, -0.25) is 4.79 Å². The molecule has 0 aliphatic heterocycles. The molecule has 4 rings (SSSR count). The standard InChI is InChI=1S/C30H32ClN3O4/c1-7-37-26-13-19(5)23(16-22(26)18(3)4)29-33-25-12-10-9-11-21(25)30(35)34(29)32-17-20-14-24(31)28(38-8-2)27(15-20)36-6/h9-18H,7-8H2,1-6H3. The van der Waals surface area contributed by atoms with Crippen LogP contribution in [0.2, 0.25) is 5.02 Å². The number of ether oxygens (including phenoxy) is 3. The van der Waals surface area contributed by atoms with Crippen LogP contribution in [-0.4, -0.2) is 36.2 Å². The first kappa shape index (κ1) is 27.2. The number of methoxy groups -OCH3 is 1. The Labute approximate surface area is 227 Å².